The third-order valence-corrected chi connectivity index (χ3v) is 6.45. The lowest BCUT2D eigenvalue weighted by molar-refractivity contribution is -0.394. The van der Waals surface area contributed by atoms with Crippen molar-refractivity contribution in [2.75, 3.05) is 0 Å². The molecule has 43 heavy (non-hydrogen) atoms. The van der Waals surface area contributed by atoms with Crippen LogP contribution in [0.25, 0.3) is 16.7 Å². The third-order valence-electron chi connectivity index (χ3n) is 6.45. The van der Waals surface area contributed by atoms with Gasteiger partial charge < -0.3 is 13.7 Å². The molecule has 0 aliphatic carbocycles. The van der Waals surface area contributed by atoms with Crippen molar-refractivity contribution in [3.8, 4) is 17.2 Å². The van der Waals surface area contributed by atoms with Gasteiger partial charge in [0, 0.05) is 46.2 Å². The molecule has 0 unspecified atom stereocenters. The van der Waals surface area contributed by atoms with E-state index < -0.39 is 32.1 Å². The second kappa shape index (κ2) is 11.2. The van der Waals surface area contributed by atoms with Crippen molar-refractivity contribution in [1.29, 1.82) is 0 Å². The van der Waals surface area contributed by atoms with Gasteiger partial charge >= 0.3 is 11.6 Å². The smallest absolute Gasteiger partial charge is 0.318 e. The average Bonchev–Trinajstić information content (AvgIpc) is 3.53. The Morgan fingerprint density at radius 3 is 2.23 bits per heavy atom. The number of non-ortho nitro benzene ring substituents is 2. The van der Waals surface area contributed by atoms with E-state index in [0.29, 0.717) is 16.5 Å². The predicted molar refractivity (Wildman–Crippen MR) is 153 cm³/mol. The van der Waals surface area contributed by atoms with Crippen LogP contribution in [0.5, 0.6) is 11.5 Å². The van der Waals surface area contributed by atoms with E-state index in [4.69, 9.17) is 9.15 Å². The summed E-state index contributed by atoms with van der Waals surface area (Å²) in [4.78, 5) is 43.9. The zero-order chi connectivity index (χ0) is 30.8. The van der Waals surface area contributed by atoms with Crippen molar-refractivity contribution in [3.63, 3.8) is 0 Å². The Kier molecular flexibility index (Phi) is 7.36. The van der Waals surface area contributed by atoms with Crippen molar-refractivity contribution in [2.24, 2.45) is 5.10 Å². The predicted octanol–water partition coefficient (Wildman–Crippen LogP) is 6.12. The first kappa shape index (κ1) is 28.2. The van der Waals surface area contributed by atoms with E-state index in [9.17, 15) is 35.1 Å². The van der Waals surface area contributed by atoms with Crippen LogP contribution < -0.4 is 10.2 Å². The molecule has 5 rings (SSSR count). The monoisotopic (exact) mass is 584 g/mol. The lowest BCUT2D eigenvalue weighted by Crippen LogP contribution is -2.16. The molecular weight excluding hydrogens is 564 g/mol. The quantitative estimate of drug-likeness (QED) is 0.120. The molecule has 0 aliphatic heterocycles. The van der Waals surface area contributed by atoms with Gasteiger partial charge in [-0.15, -0.1) is 0 Å². The van der Waals surface area contributed by atoms with Gasteiger partial charge in [0.1, 0.15) is 11.3 Å². The molecule has 15 heteroatoms. The number of aromatic nitrogens is 1. The number of furan rings is 1. The minimum absolute atomic E-state index is 0.0560. The molecule has 1 amide bonds. The van der Waals surface area contributed by atoms with Gasteiger partial charge in [-0.1, -0.05) is 0 Å². The standard InChI is InChI=1S/C28H20N6O9/c1-16-11-19(15-29-30-28(35)27-13-18-12-21(32(36)37)5-9-25(18)43-27)17(2)31(16)20-3-7-23(8-4-20)42-26-10-6-22(33(38)39)14-24(26)34(40)41/h3-15H,1-2H3,(H,30,35)/b29-15+. The Balaban J connectivity index is 1.29. The molecule has 0 saturated heterocycles. The zero-order valence-electron chi connectivity index (χ0n) is 22.4. The van der Waals surface area contributed by atoms with Crippen LogP contribution in [-0.4, -0.2) is 31.5 Å². The molecule has 0 spiro atoms. The number of nitro benzene ring substituents is 3. The van der Waals surface area contributed by atoms with Crippen LogP contribution in [0.2, 0.25) is 0 Å². The topological polar surface area (TPSA) is 198 Å². The van der Waals surface area contributed by atoms with E-state index in [0.717, 1.165) is 29.2 Å². The molecule has 0 radical (unpaired) electrons. The molecular formula is C28H20N6O9. The van der Waals surface area contributed by atoms with Crippen LogP contribution in [0.15, 0.2) is 82.3 Å². The fraction of sp³-hybridized carbons (Fsp3) is 0.0714. The number of nitrogens with one attached hydrogen (secondary N) is 1. The van der Waals surface area contributed by atoms with E-state index in [1.54, 1.807) is 24.3 Å². The number of carbonyl (C=O) groups is 1. The number of benzene rings is 3. The first-order valence-electron chi connectivity index (χ1n) is 12.4. The molecule has 2 aromatic heterocycles. The molecule has 0 aliphatic rings. The Morgan fingerprint density at radius 2 is 1.56 bits per heavy atom. The third kappa shape index (κ3) is 5.76. The zero-order valence-corrected chi connectivity index (χ0v) is 22.4. The SMILES string of the molecule is Cc1cc(/C=N/NC(=O)c2cc3cc([N+](=O)[O-])ccc3o2)c(C)n1-c1ccc(Oc2ccc([N+](=O)[O-])cc2[N+](=O)[O-])cc1. The van der Waals surface area contributed by atoms with Crippen LogP contribution in [-0.2, 0) is 0 Å². The molecule has 5 aromatic rings. The average molecular weight is 585 g/mol. The maximum atomic E-state index is 12.5. The number of carbonyl (C=O) groups excluding carboxylic acids is 1. The summed E-state index contributed by atoms with van der Waals surface area (Å²) >= 11 is 0. The van der Waals surface area contributed by atoms with E-state index in [1.807, 2.05) is 24.5 Å². The van der Waals surface area contributed by atoms with Crippen molar-refractivity contribution in [1.82, 2.24) is 9.99 Å². The van der Waals surface area contributed by atoms with Crippen molar-refractivity contribution >= 4 is 40.2 Å². The van der Waals surface area contributed by atoms with Crippen LogP contribution in [0, 0.1) is 44.2 Å². The number of hydrogen-bond acceptors (Lipinski definition) is 10. The van der Waals surface area contributed by atoms with Gasteiger partial charge in [0.05, 0.1) is 27.1 Å². The minimum Gasteiger partial charge on any atom is -0.451 e. The van der Waals surface area contributed by atoms with Gasteiger partial charge in [-0.2, -0.15) is 5.10 Å². The molecule has 15 nitrogen and oxygen atoms in total. The minimum atomic E-state index is -0.751. The summed E-state index contributed by atoms with van der Waals surface area (Å²) in [6.45, 7) is 3.73. The number of hydrazone groups is 1. The van der Waals surface area contributed by atoms with Crippen LogP contribution in [0.4, 0.5) is 17.1 Å². The number of ether oxygens (including phenoxy) is 1. The maximum Gasteiger partial charge on any atom is 0.318 e. The fourth-order valence-corrected chi connectivity index (χ4v) is 4.43. The highest BCUT2D eigenvalue weighted by atomic mass is 16.6. The molecule has 0 bridgehead atoms. The van der Waals surface area contributed by atoms with Gasteiger partial charge in [-0.05, 0) is 62.4 Å². The lowest BCUT2D eigenvalue weighted by Gasteiger charge is -2.11. The number of amides is 1. The van der Waals surface area contributed by atoms with Gasteiger partial charge in [-0.25, -0.2) is 5.43 Å². The summed E-state index contributed by atoms with van der Waals surface area (Å²) in [6, 6.07) is 17.1. The normalized spacial score (nSPS) is 11.1. The number of aryl methyl sites for hydroxylation is 1. The Bertz CT molecular complexity index is 1960. The highest BCUT2D eigenvalue weighted by molar-refractivity contribution is 5.97. The first-order chi connectivity index (χ1) is 20.5. The molecule has 0 fully saturated rings. The molecule has 0 saturated carbocycles. The molecule has 216 valence electrons. The lowest BCUT2D eigenvalue weighted by atomic mass is 10.2. The van der Waals surface area contributed by atoms with Crippen molar-refractivity contribution in [3.05, 3.63) is 126 Å². The van der Waals surface area contributed by atoms with Gasteiger partial charge in [0.15, 0.2) is 5.76 Å². The Hall–Kier alpha value is -6.38. The van der Waals surface area contributed by atoms with Crippen LogP contribution in [0.1, 0.15) is 27.5 Å². The molecule has 2 heterocycles. The number of nitro groups is 3. The van der Waals surface area contributed by atoms with E-state index in [1.165, 1.54) is 36.5 Å². The highest BCUT2D eigenvalue weighted by Gasteiger charge is 2.21. The van der Waals surface area contributed by atoms with Crippen molar-refractivity contribution in [2.45, 2.75) is 13.8 Å². The van der Waals surface area contributed by atoms with E-state index >= 15 is 0 Å². The summed E-state index contributed by atoms with van der Waals surface area (Å²) in [5.41, 5.74) is 4.74. The van der Waals surface area contributed by atoms with Crippen LogP contribution >= 0.6 is 0 Å². The first-order valence-corrected chi connectivity index (χ1v) is 12.4. The maximum absolute atomic E-state index is 12.5. The summed E-state index contributed by atoms with van der Waals surface area (Å²) < 4.78 is 13.0. The highest BCUT2D eigenvalue weighted by Crippen LogP contribution is 2.35. The van der Waals surface area contributed by atoms with Gasteiger partial charge in [-0.3, -0.25) is 35.1 Å². The summed E-state index contributed by atoms with van der Waals surface area (Å²) in [5, 5.41) is 37.8. The second-order valence-corrected chi connectivity index (χ2v) is 9.21. The van der Waals surface area contributed by atoms with Gasteiger partial charge in [0.2, 0.25) is 5.75 Å². The Labute approximate surface area is 241 Å². The summed E-state index contributed by atoms with van der Waals surface area (Å²) in [7, 11) is 0. The largest absolute Gasteiger partial charge is 0.451 e. The van der Waals surface area contributed by atoms with Gasteiger partial charge in [0.25, 0.3) is 11.4 Å². The number of hydrogen-bond donors (Lipinski definition) is 1. The van der Waals surface area contributed by atoms with E-state index in [2.05, 4.69) is 10.5 Å². The molecule has 3 aromatic carbocycles. The summed E-state index contributed by atoms with van der Waals surface area (Å²) in [5.74, 6) is -0.540. The number of fused-ring (bicyclic) bond motifs is 1. The Morgan fingerprint density at radius 1 is 0.884 bits per heavy atom. The number of rotatable bonds is 9. The number of nitrogens with zero attached hydrogens (tertiary/aromatic N) is 5. The van der Waals surface area contributed by atoms with Crippen molar-refractivity contribution < 1.29 is 28.7 Å². The fourth-order valence-electron chi connectivity index (χ4n) is 4.43. The molecule has 0 atom stereocenters. The second-order valence-electron chi connectivity index (χ2n) is 9.21. The summed E-state index contributed by atoms with van der Waals surface area (Å²) in [6.07, 6.45) is 1.47. The van der Waals surface area contributed by atoms with E-state index in [-0.39, 0.29) is 22.9 Å². The van der Waals surface area contributed by atoms with Crippen LogP contribution in [0.3, 0.4) is 0 Å². The molecule has 1 N–H and O–H groups in total.